The van der Waals surface area contributed by atoms with Gasteiger partial charge in [-0.25, -0.2) is 0 Å². The predicted molar refractivity (Wildman–Crippen MR) is 98.1 cm³/mol. The van der Waals surface area contributed by atoms with E-state index in [0.29, 0.717) is 23.7 Å². The summed E-state index contributed by atoms with van der Waals surface area (Å²) in [5, 5.41) is 5.60. The van der Waals surface area contributed by atoms with Crippen LogP contribution in [0.25, 0.3) is 0 Å². The SMILES string of the molecule is CC(C)CCNC(=O)c1ccnc(C(=O)Nc2ccc(Br)cc2)c1. The molecule has 126 valence electrons. The van der Waals surface area contributed by atoms with Gasteiger partial charge in [-0.1, -0.05) is 29.8 Å². The van der Waals surface area contributed by atoms with Crippen LogP contribution in [0.15, 0.2) is 47.1 Å². The summed E-state index contributed by atoms with van der Waals surface area (Å²) in [7, 11) is 0. The maximum atomic E-state index is 12.3. The molecule has 0 aliphatic heterocycles. The van der Waals surface area contributed by atoms with E-state index < -0.39 is 0 Å². The zero-order valence-corrected chi connectivity index (χ0v) is 15.3. The summed E-state index contributed by atoms with van der Waals surface area (Å²) in [6.45, 7) is 4.81. The first kappa shape index (κ1) is 18.1. The Bertz CT molecular complexity index is 714. The van der Waals surface area contributed by atoms with Gasteiger partial charge in [-0.3, -0.25) is 14.6 Å². The van der Waals surface area contributed by atoms with E-state index in [1.807, 2.05) is 12.1 Å². The van der Waals surface area contributed by atoms with E-state index in [0.717, 1.165) is 10.9 Å². The summed E-state index contributed by atoms with van der Waals surface area (Å²) in [5.41, 5.74) is 1.29. The molecule has 0 saturated heterocycles. The molecule has 0 aliphatic carbocycles. The Morgan fingerprint density at radius 2 is 1.83 bits per heavy atom. The number of benzene rings is 1. The lowest BCUT2D eigenvalue weighted by molar-refractivity contribution is 0.0952. The number of aromatic nitrogens is 1. The first-order valence-electron chi connectivity index (χ1n) is 7.77. The molecule has 0 fully saturated rings. The van der Waals surface area contributed by atoms with Crippen molar-refractivity contribution in [3.05, 3.63) is 58.3 Å². The Balaban J connectivity index is 2.02. The fraction of sp³-hybridized carbons (Fsp3) is 0.278. The molecule has 24 heavy (non-hydrogen) atoms. The van der Waals surface area contributed by atoms with Crippen molar-refractivity contribution in [3.63, 3.8) is 0 Å². The third-order valence-corrected chi connectivity index (χ3v) is 3.89. The van der Waals surface area contributed by atoms with Gasteiger partial charge >= 0.3 is 0 Å². The van der Waals surface area contributed by atoms with Crippen LogP contribution in [0.1, 0.15) is 41.1 Å². The third kappa shape index (κ3) is 5.45. The lowest BCUT2D eigenvalue weighted by Crippen LogP contribution is -2.26. The normalized spacial score (nSPS) is 10.5. The number of rotatable bonds is 6. The average molecular weight is 390 g/mol. The smallest absolute Gasteiger partial charge is 0.274 e. The van der Waals surface area contributed by atoms with Gasteiger partial charge in [0.25, 0.3) is 11.8 Å². The lowest BCUT2D eigenvalue weighted by Gasteiger charge is -2.08. The van der Waals surface area contributed by atoms with Crippen LogP contribution >= 0.6 is 15.9 Å². The molecule has 0 spiro atoms. The summed E-state index contributed by atoms with van der Waals surface area (Å²) in [6.07, 6.45) is 2.38. The number of hydrogen-bond acceptors (Lipinski definition) is 3. The fourth-order valence-electron chi connectivity index (χ4n) is 2.00. The van der Waals surface area contributed by atoms with Gasteiger partial charge in [-0.15, -0.1) is 0 Å². The van der Waals surface area contributed by atoms with Crippen molar-refractivity contribution in [1.82, 2.24) is 10.3 Å². The highest BCUT2D eigenvalue weighted by Crippen LogP contribution is 2.15. The molecule has 1 aromatic heterocycles. The summed E-state index contributed by atoms with van der Waals surface area (Å²) >= 11 is 3.34. The Morgan fingerprint density at radius 1 is 1.12 bits per heavy atom. The third-order valence-electron chi connectivity index (χ3n) is 3.36. The quantitative estimate of drug-likeness (QED) is 0.787. The zero-order valence-electron chi connectivity index (χ0n) is 13.7. The summed E-state index contributed by atoms with van der Waals surface area (Å²) < 4.78 is 0.929. The minimum atomic E-state index is -0.353. The van der Waals surface area contributed by atoms with Crippen LogP contribution in [0, 0.1) is 5.92 Å². The summed E-state index contributed by atoms with van der Waals surface area (Å²) in [5.74, 6) is -0.0279. The van der Waals surface area contributed by atoms with E-state index in [1.165, 1.54) is 12.3 Å². The van der Waals surface area contributed by atoms with Crippen LogP contribution in [0.4, 0.5) is 5.69 Å². The van der Waals surface area contributed by atoms with E-state index in [-0.39, 0.29) is 17.5 Å². The van der Waals surface area contributed by atoms with Crippen LogP contribution in [0.2, 0.25) is 0 Å². The van der Waals surface area contributed by atoms with Gasteiger partial charge in [0.2, 0.25) is 0 Å². The number of halogens is 1. The molecule has 2 N–H and O–H groups in total. The van der Waals surface area contributed by atoms with Crippen molar-refractivity contribution < 1.29 is 9.59 Å². The number of pyridine rings is 1. The molecule has 0 aliphatic rings. The topological polar surface area (TPSA) is 71.1 Å². The molecule has 2 rings (SSSR count). The van der Waals surface area contributed by atoms with Gasteiger partial charge in [0.05, 0.1) is 0 Å². The minimum Gasteiger partial charge on any atom is -0.352 e. The number of anilines is 1. The molecular weight excluding hydrogens is 370 g/mol. The second-order valence-corrected chi connectivity index (χ2v) is 6.74. The maximum Gasteiger partial charge on any atom is 0.274 e. The number of carbonyl (C=O) groups is 2. The standard InChI is InChI=1S/C18H20BrN3O2/c1-12(2)7-9-21-17(23)13-8-10-20-16(11-13)18(24)22-15-5-3-14(19)4-6-15/h3-6,8,10-12H,7,9H2,1-2H3,(H,21,23)(H,22,24). The number of nitrogens with one attached hydrogen (secondary N) is 2. The molecule has 0 atom stereocenters. The molecule has 0 saturated carbocycles. The minimum absolute atomic E-state index is 0.198. The van der Waals surface area contributed by atoms with Crippen molar-refractivity contribution >= 4 is 33.4 Å². The fourth-order valence-corrected chi connectivity index (χ4v) is 2.27. The zero-order chi connectivity index (χ0) is 17.5. The average Bonchev–Trinajstić information content (AvgIpc) is 2.56. The molecular formula is C18H20BrN3O2. The number of carbonyl (C=O) groups excluding carboxylic acids is 2. The first-order valence-corrected chi connectivity index (χ1v) is 8.56. The molecule has 5 nitrogen and oxygen atoms in total. The summed E-state index contributed by atoms with van der Waals surface area (Å²) in [4.78, 5) is 28.4. The van der Waals surface area contributed by atoms with Gasteiger partial charge in [0.1, 0.15) is 5.69 Å². The molecule has 0 bridgehead atoms. The van der Waals surface area contributed by atoms with Crippen molar-refractivity contribution in [1.29, 1.82) is 0 Å². The molecule has 2 aromatic rings. The molecule has 1 heterocycles. The lowest BCUT2D eigenvalue weighted by atomic mass is 10.1. The Kier molecular flexibility index (Phi) is 6.49. The Hall–Kier alpha value is -2.21. The van der Waals surface area contributed by atoms with Gasteiger partial charge < -0.3 is 10.6 Å². The van der Waals surface area contributed by atoms with Crippen LogP contribution in [-0.4, -0.2) is 23.3 Å². The summed E-state index contributed by atoms with van der Waals surface area (Å²) in [6, 6.07) is 10.3. The second kappa shape index (κ2) is 8.59. The molecule has 6 heteroatoms. The second-order valence-electron chi connectivity index (χ2n) is 5.83. The van der Waals surface area contributed by atoms with E-state index in [1.54, 1.807) is 18.2 Å². The van der Waals surface area contributed by atoms with Crippen molar-refractivity contribution in [3.8, 4) is 0 Å². The Labute approximate surface area is 150 Å². The first-order chi connectivity index (χ1) is 11.5. The maximum absolute atomic E-state index is 12.3. The number of amides is 2. The highest BCUT2D eigenvalue weighted by atomic mass is 79.9. The Morgan fingerprint density at radius 3 is 2.50 bits per heavy atom. The monoisotopic (exact) mass is 389 g/mol. The molecule has 2 amide bonds. The number of nitrogens with zero attached hydrogens (tertiary/aromatic N) is 1. The van der Waals surface area contributed by atoms with Crippen molar-refractivity contribution in [2.45, 2.75) is 20.3 Å². The highest BCUT2D eigenvalue weighted by molar-refractivity contribution is 9.10. The largest absolute Gasteiger partial charge is 0.352 e. The van der Waals surface area contributed by atoms with Crippen LogP contribution in [0.3, 0.4) is 0 Å². The molecule has 0 radical (unpaired) electrons. The van der Waals surface area contributed by atoms with E-state index >= 15 is 0 Å². The van der Waals surface area contributed by atoms with Crippen LogP contribution in [-0.2, 0) is 0 Å². The predicted octanol–water partition coefficient (Wildman–Crippen LogP) is 3.87. The van der Waals surface area contributed by atoms with Gasteiger partial charge in [-0.05, 0) is 48.7 Å². The van der Waals surface area contributed by atoms with Crippen LogP contribution in [0.5, 0.6) is 0 Å². The van der Waals surface area contributed by atoms with E-state index in [9.17, 15) is 9.59 Å². The van der Waals surface area contributed by atoms with E-state index in [2.05, 4.69) is 45.4 Å². The van der Waals surface area contributed by atoms with Crippen molar-refractivity contribution in [2.75, 3.05) is 11.9 Å². The molecule has 0 unspecified atom stereocenters. The van der Waals surface area contributed by atoms with Gasteiger partial charge in [0.15, 0.2) is 0 Å². The van der Waals surface area contributed by atoms with E-state index in [4.69, 9.17) is 0 Å². The van der Waals surface area contributed by atoms with Gasteiger partial charge in [-0.2, -0.15) is 0 Å². The molecule has 1 aromatic carbocycles. The van der Waals surface area contributed by atoms with Crippen LogP contribution < -0.4 is 10.6 Å². The number of hydrogen-bond donors (Lipinski definition) is 2. The highest BCUT2D eigenvalue weighted by Gasteiger charge is 2.12. The van der Waals surface area contributed by atoms with Gasteiger partial charge in [0, 0.05) is 28.5 Å². The van der Waals surface area contributed by atoms with Crippen molar-refractivity contribution in [2.24, 2.45) is 5.92 Å².